The Morgan fingerprint density at radius 1 is 0.872 bits per heavy atom. The van der Waals surface area contributed by atoms with Crippen molar-refractivity contribution >= 4 is 21.9 Å². The van der Waals surface area contributed by atoms with Crippen LogP contribution in [0.5, 0.6) is 11.5 Å². The zero-order valence-corrected chi connectivity index (χ0v) is 28.7. The number of benzene rings is 3. The van der Waals surface area contributed by atoms with Gasteiger partial charge in [0.05, 0.1) is 31.3 Å². The first kappa shape index (κ1) is 37.5. The SMILES string of the molecule is CCC[C@H](NS(=O)(=O)c1ccc(OC)cc1)C(=O)N[C@H](COC(c1ccc(C)cc1)c1ccc(OCCCCC(=O)O)cc1)C(C)C. The van der Waals surface area contributed by atoms with Crippen LogP contribution in [-0.2, 0) is 24.3 Å². The van der Waals surface area contributed by atoms with E-state index in [-0.39, 0.29) is 23.8 Å². The summed E-state index contributed by atoms with van der Waals surface area (Å²) in [5, 5.41) is 11.9. The van der Waals surface area contributed by atoms with Gasteiger partial charge < -0.3 is 24.6 Å². The molecule has 3 rings (SSSR count). The number of rotatable bonds is 20. The van der Waals surface area contributed by atoms with Crippen molar-refractivity contribution in [2.45, 2.75) is 82.9 Å². The Balaban J connectivity index is 1.72. The number of carbonyl (C=O) groups is 2. The predicted octanol–water partition coefficient (Wildman–Crippen LogP) is 6.03. The lowest BCUT2D eigenvalue weighted by Crippen LogP contribution is -2.52. The first-order valence-corrected chi connectivity index (χ1v) is 17.5. The normalized spacial score (nSPS) is 13.5. The van der Waals surface area contributed by atoms with Crippen molar-refractivity contribution in [1.82, 2.24) is 10.0 Å². The zero-order chi connectivity index (χ0) is 34.4. The fourth-order valence-corrected chi connectivity index (χ4v) is 6.09. The highest BCUT2D eigenvalue weighted by molar-refractivity contribution is 7.89. The minimum Gasteiger partial charge on any atom is -0.497 e. The number of methoxy groups -OCH3 is 1. The van der Waals surface area contributed by atoms with Crippen molar-refractivity contribution in [2.24, 2.45) is 5.92 Å². The van der Waals surface area contributed by atoms with Gasteiger partial charge in [-0.15, -0.1) is 0 Å². The Labute approximate surface area is 278 Å². The quantitative estimate of drug-likeness (QED) is 0.124. The lowest BCUT2D eigenvalue weighted by molar-refractivity contribution is -0.137. The number of amides is 1. The van der Waals surface area contributed by atoms with E-state index in [0.717, 1.165) is 16.7 Å². The number of carbonyl (C=O) groups excluding carboxylic acids is 1. The molecule has 0 radical (unpaired) electrons. The molecular weight excluding hydrogens is 620 g/mol. The summed E-state index contributed by atoms with van der Waals surface area (Å²) in [7, 11) is -2.45. The number of hydrogen-bond donors (Lipinski definition) is 3. The summed E-state index contributed by atoms with van der Waals surface area (Å²) in [4.78, 5) is 24.3. The van der Waals surface area contributed by atoms with E-state index >= 15 is 0 Å². The van der Waals surface area contributed by atoms with Crippen molar-refractivity contribution in [2.75, 3.05) is 20.3 Å². The van der Waals surface area contributed by atoms with Crippen LogP contribution in [0.1, 0.15) is 75.7 Å². The van der Waals surface area contributed by atoms with Gasteiger partial charge in [-0.1, -0.05) is 69.2 Å². The summed E-state index contributed by atoms with van der Waals surface area (Å²) < 4.78 is 46.3. The monoisotopic (exact) mass is 668 g/mol. The molecular formula is C36H48N2O8S. The molecule has 0 spiro atoms. The van der Waals surface area contributed by atoms with Gasteiger partial charge in [0.2, 0.25) is 15.9 Å². The Kier molecular flexibility index (Phi) is 14.7. The highest BCUT2D eigenvalue weighted by Crippen LogP contribution is 2.29. The molecule has 1 amide bonds. The number of sulfonamides is 1. The third kappa shape index (κ3) is 12.0. The van der Waals surface area contributed by atoms with Gasteiger partial charge in [-0.25, -0.2) is 8.42 Å². The number of carboxylic acid groups (broad SMARTS) is 1. The molecule has 0 saturated heterocycles. The lowest BCUT2D eigenvalue weighted by Gasteiger charge is -2.28. The Bertz CT molecular complexity index is 1510. The van der Waals surface area contributed by atoms with E-state index in [2.05, 4.69) is 10.0 Å². The summed E-state index contributed by atoms with van der Waals surface area (Å²) in [5.41, 5.74) is 2.96. The molecule has 1 unspecified atom stereocenters. The van der Waals surface area contributed by atoms with E-state index in [4.69, 9.17) is 19.3 Å². The Hall–Kier alpha value is -3.93. The second-order valence-electron chi connectivity index (χ2n) is 11.9. The average molecular weight is 669 g/mol. The maximum Gasteiger partial charge on any atom is 0.303 e. The first-order valence-electron chi connectivity index (χ1n) is 16.0. The number of nitrogens with one attached hydrogen (secondary N) is 2. The van der Waals surface area contributed by atoms with Crippen LogP contribution in [0.4, 0.5) is 0 Å². The third-order valence-corrected chi connectivity index (χ3v) is 9.24. The van der Waals surface area contributed by atoms with Crippen LogP contribution in [0.3, 0.4) is 0 Å². The van der Waals surface area contributed by atoms with E-state index in [0.29, 0.717) is 43.8 Å². The van der Waals surface area contributed by atoms with Crippen LogP contribution in [0.2, 0.25) is 0 Å². The first-order chi connectivity index (χ1) is 22.4. The van der Waals surface area contributed by atoms with Gasteiger partial charge >= 0.3 is 5.97 Å². The highest BCUT2D eigenvalue weighted by Gasteiger charge is 2.28. The molecule has 0 aliphatic rings. The predicted molar refractivity (Wildman–Crippen MR) is 181 cm³/mol. The molecule has 0 saturated carbocycles. The van der Waals surface area contributed by atoms with E-state index in [1.165, 1.54) is 19.2 Å². The number of ether oxygens (including phenoxy) is 3. The van der Waals surface area contributed by atoms with Crippen molar-refractivity contribution in [1.29, 1.82) is 0 Å². The molecule has 3 N–H and O–H groups in total. The van der Waals surface area contributed by atoms with E-state index in [9.17, 15) is 18.0 Å². The largest absolute Gasteiger partial charge is 0.497 e. The molecule has 0 fully saturated rings. The summed E-state index contributed by atoms with van der Waals surface area (Å²) >= 11 is 0. The van der Waals surface area contributed by atoms with Gasteiger partial charge in [0, 0.05) is 6.42 Å². The van der Waals surface area contributed by atoms with E-state index < -0.39 is 40.1 Å². The standard InChI is InChI=1S/C36H48N2O8S/c1-6-9-32(38-47(42,43)31-21-19-29(44-5)20-22-31)36(41)37-33(25(2)3)24-46-35(27-13-11-26(4)12-14-27)28-15-17-30(18-16-28)45-23-8-7-10-34(39)40/h11-22,25,32-33,35,38H,6-10,23-24H2,1-5H3,(H,37,41)(H,39,40)/t32-,33+,35?/m0/s1. The topological polar surface area (TPSA) is 140 Å². The molecule has 0 aliphatic carbocycles. The van der Waals surface area contributed by atoms with Crippen LogP contribution in [0, 0.1) is 12.8 Å². The smallest absolute Gasteiger partial charge is 0.303 e. The number of carboxylic acids is 1. The van der Waals surface area contributed by atoms with E-state index in [1.807, 2.05) is 76.2 Å². The maximum atomic E-state index is 13.5. The fraction of sp³-hybridized carbons (Fsp3) is 0.444. The minimum absolute atomic E-state index is 0.00464. The lowest BCUT2D eigenvalue weighted by atomic mass is 9.99. The van der Waals surface area contributed by atoms with Crippen LogP contribution in [0.15, 0.2) is 77.7 Å². The van der Waals surface area contributed by atoms with Crippen molar-refractivity contribution in [3.63, 3.8) is 0 Å². The second-order valence-corrected chi connectivity index (χ2v) is 13.6. The van der Waals surface area contributed by atoms with Gasteiger partial charge in [0.15, 0.2) is 0 Å². The van der Waals surface area contributed by atoms with Crippen LogP contribution < -0.4 is 19.5 Å². The van der Waals surface area contributed by atoms with E-state index in [1.54, 1.807) is 12.1 Å². The van der Waals surface area contributed by atoms with Crippen LogP contribution in [0.25, 0.3) is 0 Å². The number of hydrogen-bond acceptors (Lipinski definition) is 7. The van der Waals surface area contributed by atoms with Gasteiger partial charge in [-0.3, -0.25) is 9.59 Å². The van der Waals surface area contributed by atoms with Gasteiger partial charge in [0.1, 0.15) is 23.6 Å². The Morgan fingerprint density at radius 3 is 2.02 bits per heavy atom. The van der Waals surface area contributed by atoms with Crippen molar-refractivity contribution in [3.8, 4) is 11.5 Å². The van der Waals surface area contributed by atoms with Crippen LogP contribution >= 0.6 is 0 Å². The van der Waals surface area contributed by atoms with Crippen molar-refractivity contribution < 1.29 is 37.3 Å². The molecule has 3 atom stereocenters. The third-order valence-electron chi connectivity index (χ3n) is 7.75. The van der Waals surface area contributed by atoms with Crippen LogP contribution in [-0.4, -0.2) is 57.8 Å². The fourth-order valence-electron chi connectivity index (χ4n) is 4.86. The summed E-state index contributed by atoms with van der Waals surface area (Å²) in [6.45, 7) is 8.49. The molecule has 256 valence electrons. The molecule has 10 nitrogen and oxygen atoms in total. The Morgan fingerprint density at radius 2 is 1.47 bits per heavy atom. The molecule has 0 heterocycles. The van der Waals surface area contributed by atoms with Gasteiger partial charge in [0.25, 0.3) is 0 Å². The summed E-state index contributed by atoms with van der Waals surface area (Å²) in [6, 6.07) is 20.3. The number of aliphatic carboxylic acids is 1. The second kappa shape index (κ2) is 18.4. The molecule has 11 heteroatoms. The van der Waals surface area contributed by atoms with Crippen molar-refractivity contribution in [3.05, 3.63) is 89.5 Å². The number of aryl methyl sites for hydroxylation is 1. The average Bonchev–Trinajstić information content (AvgIpc) is 3.05. The highest BCUT2D eigenvalue weighted by atomic mass is 32.2. The van der Waals surface area contributed by atoms with Gasteiger partial charge in [-0.2, -0.15) is 4.72 Å². The molecule has 47 heavy (non-hydrogen) atoms. The molecule has 0 aliphatic heterocycles. The molecule has 0 aromatic heterocycles. The summed E-state index contributed by atoms with van der Waals surface area (Å²) in [6.07, 6.45) is 1.81. The summed E-state index contributed by atoms with van der Waals surface area (Å²) in [5.74, 6) is -0.0215. The molecule has 3 aromatic carbocycles. The van der Waals surface area contributed by atoms with Gasteiger partial charge in [-0.05, 0) is 79.6 Å². The zero-order valence-electron chi connectivity index (χ0n) is 27.9. The number of unbranched alkanes of at least 4 members (excludes halogenated alkanes) is 1. The maximum absolute atomic E-state index is 13.5. The molecule has 0 bridgehead atoms. The molecule has 3 aromatic rings. The minimum atomic E-state index is -3.96.